The lowest BCUT2D eigenvalue weighted by molar-refractivity contribution is 0.0876. The van der Waals surface area contributed by atoms with Gasteiger partial charge >= 0.3 is 24.4 Å². The number of imide groups is 2. The van der Waals surface area contributed by atoms with Crippen molar-refractivity contribution in [2.24, 2.45) is 0 Å². The largest absolute Gasteiger partial charge is 0.465 e. The van der Waals surface area contributed by atoms with Gasteiger partial charge in [-0.1, -0.05) is 0 Å². The van der Waals surface area contributed by atoms with E-state index in [0.29, 0.717) is 0 Å². The number of nitrogens with zero attached hydrogens (tertiary/aromatic N) is 2. The highest BCUT2D eigenvalue weighted by molar-refractivity contribution is 5.87. The van der Waals surface area contributed by atoms with Crippen LogP contribution in [0.5, 0.6) is 0 Å². The minimum absolute atomic E-state index is 0.0844. The summed E-state index contributed by atoms with van der Waals surface area (Å²) in [4.78, 5) is 41.8. The van der Waals surface area contributed by atoms with E-state index in [-0.39, 0.29) is 9.80 Å². The molecule has 0 aliphatic heterocycles. The Morgan fingerprint density at radius 2 is 1.24 bits per heavy atom. The van der Waals surface area contributed by atoms with Gasteiger partial charge in [-0.3, -0.25) is 0 Å². The van der Waals surface area contributed by atoms with E-state index in [9.17, 15) is 19.2 Å². The highest BCUT2D eigenvalue weighted by atomic mass is 16.4. The van der Waals surface area contributed by atoms with E-state index in [1.165, 1.54) is 0 Å². The lowest BCUT2D eigenvalue weighted by Gasteiger charge is -2.24. The fourth-order valence-corrected chi connectivity index (χ4v) is 1.04. The number of amides is 4. The van der Waals surface area contributed by atoms with Crippen LogP contribution in [-0.2, 0) is 0 Å². The van der Waals surface area contributed by atoms with Gasteiger partial charge in [-0.25, -0.2) is 29.0 Å². The van der Waals surface area contributed by atoms with Crippen LogP contribution in [0, 0.1) is 0 Å². The molecule has 0 aliphatic carbocycles. The molecule has 0 aromatic rings. The molecule has 10 nitrogen and oxygen atoms in total. The van der Waals surface area contributed by atoms with E-state index in [4.69, 9.17) is 20.4 Å². The van der Waals surface area contributed by atoms with Crippen LogP contribution in [0.2, 0.25) is 0 Å². The third kappa shape index (κ3) is 3.85. The second-order valence-corrected chi connectivity index (χ2v) is 2.96. The summed E-state index contributed by atoms with van der Waals surface area (Å²) in [7, 11) is 0. The fraction of sp³-hybridized carbons (Fsp3) is 0.429. The Morgan fingerprint density at radius 1 is 0.882 bits per heavy atom. The number of hydrogen-bond acceptors (Lipinski definition) is 4. The van der Waals surface area contributed by atoms with Gasteiger partial charge in [0.25, 0.3) is 0 Å². The molecule has 0 saturated carbocycles. The van der Waals surface area contributed by atoms with Crippen molar-refractivity contribution in [3.05, 3.63) is 0 Å². The summed E-state index contributed by atoms with van der Waals surface area (Å²) in [6.45, 7) is 0.268. The molecular formula is C7H10N2O8. The molecule has 0 radical (unpaired) electrons. The van der Waals surface area contributed by atoms with Crippen molar-refractivity contribution >= 4 is 24.4 Å². The third-order valence-corrected chi connectivity index (χ3v) is 1.76. The molecular weight excluding hydrogens is 240 g/mol. The van der Waals surface area contributed by atoms with Crippen LogP contribution in [0.25, 0.3) is 0 Å². The van der Waals surface area contributed by atoms with Crippen LogP contribution in [-0.4, -0.2) is 67.2 Å². The summed E-state index contributed by atoms with van der Waals surface area (Å²) in [5, 5.41) is 34.0. The second-order valence-electron chi connectivity index (χ2n) is 2.96. The van der Waals surface area contributed by atoms with Crippen molar-refractivity contribution in [2.45, 2.75) is 13.0 Å². The maximum Gasteiger partial charge on any atom is 0.417 e. The van der Waals surface area contributed by atoms with Gasteiger partial charge in [-0.05, 0) is 6.92 Å². The molecule has 0 aromatic carbocycles. The summed E-state index contributed by atoms with van der Waals surface area (Å²) in [5.74, 6) is 0. The molecule has 1 atom stereocenters. The minimum Gasteiger partial charge on any atom is -0.465 e. The quantitative estimate of drug-likeness (QED) is 0.569. The Labute approximate surface area is 94.3 Å². The zero-order valence-electron chi connectivity index (χ0n) is 8.60. The first kappa shape index (κ1) is 14.5. The summed E-state index contributed by atoms with van der Waals surface area (Å²) in [6.07, 6.45) is -7.28. The monoisotopic (exact) mass is 250 g/mol. The van der Waals surface area contributed by atoms with Crippen LogP contribution in [0.4, 0.5) is 19.2 Å². The maximum absolute atomic E-state index is 10.5. The lowest BCUT2D eigenvalue weighted by Crippen LogP contribution is -2.49. The predicted octanol–water partition coefficient (Wildman–Crippen LogP) is 0.691. The lowest BCUT2D eigenvalue weighted by atomic mass is 10.3. The van der Waals surface area contributed by atoms with Crippen molar-refractivity contribution < 1.29 is 39.6 Å². The molecule has 0 fully saturated rings. The van der Waals surface area contributed by atoms with Gasteiger partial charge in [0.15, 0.2) is 0 Å². The molecule has 0 aliphatic rings. The smallest absolute Gasteiger partial charge is 0.417 e. The Kier molecular flexibility index (Phi) is 4.71. The molecule has 1 unspecified atom stereocenters. The summed E-state index contributed by atoms with van der Waals surface area (Å²) in [6, 6.07) is -1.35. The first-order valence-electron chi connectivity index (χ1n) is 4.17. The third-order valence-electron chi connectivity index (χ3n) is 1.76. The number of hydrogen-bond donors (Lipinski definition) is 4. The van der Waals surface area contributed by atoms with Gasteiger partial charge in [-0.2, -0.15) is 0 Å². The summed E-state index contributed by atoms with van der Waals surface area (Å²) in [5.41, 5.74) is 0. The first-order chi connectivity index (χ1) is 7.68. The van der Waals surface area contributed by atoms with Crippen LogP contribution in [0.1, 0.15) is 6.92 Å². The number of carbonyl (C=O) groups is 4. The van der Waals surface area contributed by atoms with Gasteiger partial charge in [0.05, 0.1) is 12.6 Å². The van der Waals surface area contributed by atoms with E-state index < -0.39 is 37.0 Å². The number of rotatable bonds is 3. The Bertz CT molecular complexity index is 326. The van der Waals surface area contributed by atoms with E-state index >= 15 is 0 Å². The van der Waals surface area contributed by atoms with Gasteiger partial charge in [0.2, 0.25) is 0 Å². The number of carboxylic acid groups (broad SMARTS) is 4. The topological polar surface area (TPSA) is 156 Å². The fourth-order valence-electron chi connectivity index (χ4n) is 1.04. The highest BCUT2D eigenvalue weighted by Crippen LogP contribution is 2.04. The van der Waals surface area contributed by atoms with Crippen LogP contribution >= 0.6 is 0 Å². The molecule has 10 heteroatoms. The van der Waals surface area contributed by atoms with Crippen molar-refractivity contribution in [2.75, 3.05) is 6.54 Å². The molecule has 0 bridgehead atoms. The Morgan fingerprint density at radius 3 is 1.47 bits per heavy atom. The van der Waals surface area contributed by atoms with E-state index in [1.807, 2.05) is 0 Å². The van der Waals surface area contributed by atoms with Gasteiger partial charge < -0.3 is 20.4 Å². The minimum atomic E-state index is -1.82. The predicted molar refractivity (Wildman–Crippen MR) is 50.1 cm³/mol. The normalized spacial score (nSPS) is 11.4. The standard InChI is InChI=1S/C7H10N2O8/c1-3(9(6(14)15)7(16)17)2-8(4(10)11)5(12)13/h3H,2H2,1H3,(H,10,11)(H,12,13)(H,14,15)(H,16,17). The van der Waals surface area contributed by atoms with Crippen LogP contribution in [0.15, 0.2) is 0 Å². The Hall–Kier alpha value is -2.52. The van der Waals surface area contributed by atoms with E-state index in [1.54, 1.807) is 0 Å². The zero-order chi connectivity index (χ0) is 13.7. The second kappa shape index (κ2) is 5.53. The maximum atomic E-state index is 10.5. The molecule has 4 N–H and O–H groups in total. The van der Waals surface area contributed by atoms with Gasteiger partial charge in [-0.15, -0.1) is 0 Å². The highest BCUT2D eigenvalue weighted by Gasteiger charge is 2.31. The first-order valence-corrected chi connectivity index (χ1v) is 4.17. The zero-order valence-corrected chi connectivity index (χ0v) is 8.60. The van der Waals surface area contributed by atoms with Crippen molar-refractivity contribution in [3.63, 3.8) is 0 Å². The summed E-state index contributed by atoms with van der Waals surface area (Å²) >= 11 is 0. The van der Waals surface area contributed by atoms with Crippen LogP contribution in [0.3, 0.4) is 0 Å². The molecule has 0 aromatic heterocycles. The SMILES string of the molecule is CC(CN(C(=O)O)C(=O)O)N(C(=O)O)C(=O)O. The molecule has 0 rings (SSSR count). The van der Waals surface area contributed by atoms with E-state index in [0.717, 1.165) is 6.92 Å². The molecule has 4 amide bonds. The Balaban J connectivity index is 4.86. The molecule has 0 heterocycles. The average molecular weight is 250 g/mol. The van der Waals surface area contributed by atoms with E-state index in [2.05, 4.69) is 0 Å². The average Bonchev–Trinajstić information content (AvgIpc) is 2.11. The molecule has 0 saturated heterocycles. The van der Waals surface area contributed by atoms with Gasteiger partial charge in [0.1, 0.15) is 0 Å². The summed E-state index contributed by atoms with van der Waals surface area (Å²) < 4.78 is 0. The van der Waals surface area contributed by atoms with Gasteiger partial charge in [0, 0.05) is 0 Å². The van der Waals surface area contributed by atoms with Crippen molar-refractivity contribution in [1.29, 1.82) is 0 Å². The molecule has 17 heavy (non-hydrogen) atoms. The van der Waals surface area contributed by atoms with Crippen LogP contribution < -0.4 is 0 Å². The van der Waals surface area contributed by atoms with Crippen molar-refractivity contribution in [1.82, 2.24) is 9.80 Å². The molecule has 0 spiro atoms. The van der Waals surface area contributed by atoms with Crippen molar-refractivity contribution in [3.8, 4) is 0 Å². The molecule has 96 valence electrons.